The summed E-state index contributed by atoms with van der Waals surface area (Å²) in [5.41, 5.74) is 4.48. The lowest BCUT2D eigenvalue weighted by Crippen LogP contribution is -2.52. The van der Waals surface area contributed by atoms with E-state index in [0.29, 0.717) is 16.6 Å². The molecular weight excluding hydrogens is 387 g/mol. The number of pyridine rings is 1. The Kier molecular flexibility index (Phi) is 4.88. The molecule has 0 aromatic carbocycles. The number of rotatable bonds is 4. The number of halogens is 1. The molecular formula is C17H27IN2Si. The quantitative estimate of drug-likeness (QED) is 0.445. The van der Waals surface area contributed by atoms with E-state index in [-0.39, 0.29) is 0 Å². The molecule has 0 saturated heterocycles. The van der Waals surface area contributed by atoms with Crippen molar-refractivity contribution in [1.82, 2.24) is 9.22 Å². The van der Waals surface area contributed by atoms with E-state index in [2.05, 4.69) is 87.4 Å². The van der Waals surface area contributed by atoms with Crippen LogP contribution in [0.15, 0.2) is 18.3 Å². The molecule has 0 unspecified atom stereocenters. The maximum atomic E-state index is 4.81. The summed E-state index contributed by atoms with van der Waals surface area (Å²) in [5.74, 6) is 0. The molecule has 0 bridgehead atoms. The zero-order valence-electron chi connectivity index (χ0n) is 14.2. The first-order valence-electron chi connectivity index (χ1n) is 7.87. The van der Waals surface area contributed by atoms with Crippen molar-refractivity contribution >= 4 is 41.9 Å². The van der Waals surface area contributed by atoms with Crippen molar-refractivity contribution < 1.29 is 0 Å². The highest BCUT2D eigenvalue weighted by Crippen LogP contribution is 2.45. The highest BCUT2D eigenvalue weighted by Gasteiger charge is 2.47. The van der Waals surface area contributed by atoms with Crippen LogP contribution in [0.1, 0.15) is 47.1 Å². The Hall–Kier alpha value is -0.363. The molecule has 4 heteroatoms. The van der Waals surface area contributed by atoms with Gasteiger partial charge < -0.3 is 4.23 Å². The second-order valence-corrected chi connectivity index (χ2v) is 13.9. The third-order valence-corrected chi connectivity index (χ3v) is 12.9. The second kappa shape index (κ2) is 6.03. The Balaban J connectivity index is 2.86. The van der Waals surface area contributed by atoms with E-state index in [4.69, 9.17) is 4.98 Å². The van der Waals surface area contributed by atoms with E-state index < -0.39 is 8.24 Å². The SMILES string of the molecule is Cc1cnc2c(c1)cc(I)n2[Si](C(C)C)(C(C)C)C(C)C. The topological polar surface area (TPSA) is 17.8 Å². The van der Waals surface area contributed by atoms with Gasteiger partial charge in [-0.2, -0.15) is 0 Å². The molecule has 0 radical (unpaired) electrons. The summed E-state index contributed by atoms with van der Waals surface area (Å²) in [7, 11) is -1.73. The lowest BCUT2D eigenvalue weighted by atomic mass is 10.2. The number of aromatic nitrogens is 2. The molecule has 0 saturated carbocycles. The molecule has 2 rings (SSSR count). The van der Waals surface area contributed by atoms with Gasteiger partial charge in [0.1, 0.15) is 5.65 Å². The average molecular weight is 414 g/mol. The van der Waals surface area contributed by atoms with Crippen molar-refractivity contribution in [2.24, 2.45) is 0 Å². The molecule has 2 heterocycles. The molecule has 116 valence electrons. The minimum atomic E-state index is -1.73. The van der Waals surface area contributed by atoms with E-state index in [1.54, 1.807) is 0 Å². The van der Waals surface area contributed by atoms with Crippen molar-refractivity contribution in [1.29, 1.82) is 0 Å². The van der Waals surface area contributed by atoms with E-state index in [9.17, 15) is 0 Å². The van der Waals surface area contributed by atoms with Crippen LogP contribution < -0.4 is 0 Å². The molecule has 2 nitrogen and oxygen atoms in total. The van der Waals surface area contributed by atoms with Crippen LogP contribution in [0.2, 0.25) is 16.6 Å². The fraction of sp³-hybridized carbons (Fsp3) is 0.588. The van der Waals surface area contributed by atoms with Gasteiger partial charge in [0.15, 0.2) is 8.24 Å². The summed E-state index contributed by atoms with van der Waals surface area (Å²) in [6.07, 6.45) is 2.01. The van der Waals surface area contributed by atoms with Crippen LogP contribution in [0.5, 0.6) is 0 Å². The largest absolute Gasteiger partial charge is 0.348 e. The number of nitrogens with zero attached hydrogens (tertiary/aromatic N) is 2. The Morgan fingerprint density at radius 2 is 1.52 bits per heavy atom. The van der Waals surface area contributed by atoms with Crippen LogP contribution in [0, 0.1) is 10.6 Å². The summed E-state index contributed by atoms with van der Waals surface area (Å²) in [4.78, 5) is 4.81. The minimum Gasteiger partial charge on any atom is -0.348 e. The van der Waals surface area contributed by atoms with Crippen molar-refractivity contribution in [3.05, 3.63) is 27.6 Å². The van der Waals surface area contributed by atoms with Gasteiger partial charge in [-0.15, -0.1) is 0 Å². The average Bonchev–Trinajstić information content (AvgIpc) is 2.65. The van der Waals surface area contributed by atoms with Crippen LogP contribution in [0.4, 0.5) is 0 Å². The molecule has 2 aromatic heterocycles. The highest BCUT2D eigenvalue weighted by atomic mass is 127. The standard InChI is InChI=1S/C17H27IN2Si/c1-11(2)21(12(3)4,13(5)6)20-16(18)9-15-8-14(7)10-19-17(15)20/h8-13H,1-7H3. The Morgan fingerprint density at radius 1 is 1.00 bits per heavy atom. The van der Waals surface area contributed by atoms with Crippen LogP contribution >= 0.6 is 22.6 Å². The summed E-state index contributed by atoms with van der Waals surface area (Å²) >= 11 is 2.51. The molecule has 2 aromatic rings. The van der Waals surface area contributed by atoms with Crippen LogP contribution in [-0.4, -0.2) is 17.5 Å². The monoisotopic (exact) mass is 414 g/mol. The second-order valence-electron chi connectivity index (χ2n) is 7.08. The minimum absolute atomic E-state index is 0.685. The maximum Gasteiger partial charge on any atom is 0.172 e. The Labute approximate surface area is 143 Å². The van der Waals surface area contributed by atoms with E-state index in [0.717, 1.165) is 0 Å². The maximum absolute atomic E-state index is 4.81. The molecule has 0 aliphatic rings. The smallest absolute Gasteiger partial charge is 0.172 e. The van der Waals surface area contributed by atoms with Crippen LogP contribution in [0.25, 0.3) is 11.0 Å². The zero-order chi connectivity index (χ0) is 15.9. The van der Waals surface area contributed by atoms with Crippen molar-refractivity contribution in [2.45, 2.75) is 65.1 Å². The van der Waals surface area contributed by atoms with E-state index >= 15 is 0 Å². The normalized spacial score (nSPS) is 13.1. The van der Waals surface area contributed by atoms with Gasteiger partial charge in [0.05, 0.1) is 3.70 Å². The Morgan fingerprint density at radius 3 is 2.00 bits per heavy atom. The van der Waals surface area contributed by atoms with Crippen LogP contribution in [0.3, 0.4) is 0 Å². The third-order valence-electron chi connectivity index (χ3n) is 4.89. The number of aryl methyl sites for hydroxylation is 1. The molecule has 0 aliphatic heterocycles. The van der Waals surface area contributed by atoms with Gasteiger partial charge in [0, 0.05) is 11.6 Å². The van der Waals surface area contributed by atoms with E-state index in [1.165, 1.54) is 20.3 Å². The summed E-state index contributed by atoms with van der Waals surface area (Å²) in [5, 5.41) is 1.29. The predicted octanol–water partition coefficient (Wildman–Crippen LogP) is 5.97. The van der Waals surface area contributed by atoms with Crippen molar-refractivity contribution in [3.63, 3.8) is 0 Å². The lowest BCUT2D eigenvalue weighted by Gasteiger charge is -2.44. The number of hydrogen-bond donors (Lipinski definition) is 0. The number of hydrogen-bond acceptors (Lipinski definition) is 1. The molecule has 0 fully saturated rings. The molecule has 0 aliphatic carbocycles. The van der Waals surface area contributed by atoms with Gasteiger partial charge in [-0.25, -0.2) is 4.98 Å². The first-order valence-corrected chi connectivity index (χ1v) is 11.1. The summed E-state index contributed by atoms with van der Waals surface area (Å²) in [6, 6.07) is 4.58. The van der Waals surface area contributed by atoms with Gasteiger partial charge in [-0.3, -0.25) is 0 Å². The first kappa shape index (κ1) is 17.0. The summed E-state index contributed by atoms with van der Waals surface area (Å²) in [6.45, 7) is 16.6. The van der Waals surface area contributed by atoms with Crippen molar-refractivity contribution in [3.8, 4) is 0 Å². The van der Waals surface area contributed by atoms with E-state index in [1.807, 2.05) is 6.20 Å². The summed E-state index contributed by atoms with van der Waals surface area (Å²) < 4.78 is 3.99. The highest BCUT2D eigenvalue weighted by molar-refractivity contribution is 14.1. The molecule has 0 atom stereocenters. The number of fused-ring (bicyclic) bond motifs is 1. The molecule has 0 amide bonds. The molecule has 21 heavy (non-hydrogen) atoms. The van der Waals surface area contributed by atoms with Gasteiger partial charge in [-0.05, 0) is 63.8 Å². The molecule has 0 spiro atoms. The van der Waals surface area contributed by atoms with Gasteiger partial charge in [0.25, 0.3) is 0 Å². The van der Waals surface area contributed by atoms with Gasteiger partial charge in [0.2, 0.25) is 0 Å². The third kappa shape index (κ3) is 2.58. The van der Waals surface area contributed by atoms with Gasteiger partial charge in [-0.1, -0.05) is 41.5 Å². The first-order chi connectivity index (χ1) is 9.72. The fourth-order valence-corrected chi connectivity index (χ4v) is 12.7. The van der Waals surface area contributed by atoms with Gasteiger partial charge >= 0.3 is 0 Å². The Bertz CT molecular complexity index is 622. The lowest BCUT2D eigenvalue weighted by molar-refractivity contribution is 0.765. The van der Waals surface area contributed by atoms with Crippen molar-refractivity contribution in [2.75, 3.05) is 0 Å². The zero-order valence-corrected chi connectivity index (χ0v) is 17.4. The predicted molar refractivity (Wildman–Crippen MR) is 104 cm³/mol. The fourth-order valence-electron chi connectivity index (χ4n) is 4.31. The molecule has 0 N–H and O–H groups in total. The van der Waals surface area contributed by atoms with Crippen LogP contribution in [-0.2, 0) is 0 Å².